The number of ether oxygens (including phenoxy) is 2. The molecule has 0 amide bonds. The van der Waals surface area contributed by atoms with Gasteiger partial charge in [-0.05, 0) is 86.0 Å². The fourth-order valence-corrected chi connectivity index (χ4v) is 11.7. The van der Waals surface area contributed by atoms with Crippen LogP contribution in [0.5, 0.6) is 0 Å². The zero-order chi connectivity index (χ0) is 31.6. The number of aliphatic hydroxyl groups excluding tert-OH is 1. The average molecular weight is 619 g/mol. The minimum atomic E-state index is -2.67. The van der Waals surface area contributed by atoms with Gasteiger partial charge in [-0.25, -0.2) is 0 Å². The number of hydrogen-bond acceptors (Lipinski definition) is 4. The van der Waals surface area contributed by atoms with Crippen LogP contribution in [0.4, 0.5) is 0 Å². The molecule has 0 radical (unpaired) electrons. The SMILES string of the molecule is CCCCC/C=C\C[C@@H]1OC(C)(C)O[C@@H]1/C=C/[C@H]1C[C@@H]1[C@@H](CCCCO)O[Si](c1ccccc1)(c1ccccc1)C(C)(C)C. The third-order valence-electron chi connectivity index (χ3n) is 9.29. The largest absolute Gasteiger partial charge is 0.404 e. The minimum absolute atomic E-state index is 0.0367. The van der Waals surface area contributed by atoms with E-state index in [1.165, 1.54) is 29.6 Å². The third kappa shape index (κ3) is 9.04. The van der Waals surface area contributed by atoms with Gasteiger partial charge in [0.1, 0.15) is 6.10 Å². The highest BCUT2D eigenvalue weighted by Crippen LogP contribution is 2.48. The van der Waals surface area contributed by atoms with E-state index in [9.17, 15) is 5.11 Å². The van der Waals surface area contributed by atoms with Crippen LogP contribution in [0.25, 0.3) is 0 Å². The molecule has 242 valence electrons. The van der Waals surface area contributed by atoms with E-state index >= 15 is 0 Å². The van der Waals surface area contributed by atoms with Crippen LogP contribution in [0.15, 0.2) is 85.0 Å². The van der Waals surface area contributed by atoms with Gasteiger partial charge in [-0.3, -0.25) is 0 Å². The molecule has 1 aliphatic heterocycles. The predicted octanol–water partition coefficient (Wildman–Crippen LogP) is 8.33. The Kier molecular flexibility index (Phi) is 12.7. The monoisotopic (exact) mass is 618 g/mol. The van der Waals surface area contributed by atoms with Gasteiger partial charge in [-0.1, -0.05) is 126 Å². The highest BCUT2D eigenvalue weighted by molar-refractivity contribution is 6.99. The molecular formula is C39H58O4Si. The lowest BCUT2D eigenvalue weighted by atomic mass is 10.1. The first-order chi connectivity index (χ1) is 21.1. The van der Waals surface area contributed by atoms with E-state index in [4.69, 9.17) is 13.9 Å². The molecule has 1 aliphatic carbocycles. The Labute approximate surface area is 269 Å². The molecule has 1 N–H and O–H groups in total. The van der Waals surface area contributed by atoms with Gasteiger partial charge in [0.15, 0.2) is 5.79 Å². The number of hydrogen-bond donors (Lipinski definition) is 1. The number of unbranched alkanes of at least 4 members (excludes halogenated alkanes) is 4. The van der Waals surface area contributed by atoms with E-state index in [1.54, 1.807) is 0 Å². The first-order valence-corrected chi connectivity index (χ1v) is 19.1. The maximum Gasteiger partial charge on any atom is 0.261 e. The van der Waals surface area contributed by atoms with E-state index < -0.39 is 14.1 Å². The summed E-state index contributed by atoms with van der Waals surface area (Å²) < 4.78 is 20.3. The molecular weight excluding hydrogens is 561 g/mol. The highest BCUT2D eigenvalue weighted by Gasteiger charge is 2.54. The maximum atomic E-state index is 9.62. The number of allylic oxidation sites excluding steroid dienone is 2. The lowest BCUT2D eigenvalue weighted by molar-refractivity contribution is -0.142. The second kappa shape index (κ2) is 16.0. The van der Waals surface area contributed by atoms with Crippen molar-refractivity contribution in [3.63, 3.8) is 0 Å². The van der Waals surface area contributed by atoms with Crippen molar-refractivity contribution in [2.24, 2.45) is 11.8 Å². The molecule has 0 bridgehead atoms. The first kappa shape index (κ1) is 34.8. The van der Waals surface area contributed by atoms with Gasteiger partial charge in [-0.2, -0.15) is 0 Å². The van der Waals surface area contributed by atoms with Crippen molar-refractivity contribution >= 4 is 18.7 Å². The second-order valence-corrected chi connectivity index (χ2v) is 18.6. The summed E-state index contributed by atoms with van der Waals surface area (Å²) in [4.78, 5) is 0. The number of rotatable bonds is 17. The van der Waals surface area contributed by atoms with Crippen molar-refractivity contribution in [2.75, 3.05) is 6.61 Å². The Morgan fingerprint density at radius 3 is 2.16 bits per heavy atom. The Hall–Kier alpha value is -2.02. The lowest BCUT2D eigenvalue weighted by Crippen LogP contribution is -2.68. The highest BCUT2D eigenvalue weighted by atomic mass is 28.4. The van der Waals surface area contributed by atoms with E-state index in [2.05, 4.69) is 113 Å². The molecule has 2 aliphatic rings. The fraction of sp³-hybridized carbons (Fsp3) is 0.590. The van der Waals surface area contributed by atoms with Gasteiger partial charge >= 0.3 is 0 Å². The fourth-order valence-electron chi connectivity index (χ4n) is 6.94. The summed E-state index contributed by atoms with van der Waals surface area (Å²) in [6, 6.07) is 21.9. The van der Waals surface area contributed by atoms with Gasteiger partial charge in [0.25, 0.3) is 8.32 Å². The molecule has 5 atom stereocenters. The Morgan fingerprint density at radius 2 is 1.57 bits per heavy atom. The van der Waals surface area contributed by atoms with Crippen molar-refractivity contribution in [3.05, 3.63) is 85.0 Å². The summed E-state index contributed by atoms with van der Waals surface area (Å²) in [5.41, 5.74) is 0. The van der Waals surface area contributed by atoms with Gasteiger partial charge in [-0.15, -0.1) is 0 Å². The van der Waals surface area contributed by atoms with Crippen LogP contribution in [0.2, 0.25) is 5.04 Å². The van der Waals surface area contributed by atoms with Crippen LogP contribution in [0.1, 0.15) is 99.3 Å². The first-order valence-electron chi connectivity index (χ1n) is 17.2. The van der Waals surface area contributed by atoms with Crippen LogP contribution >= 0.6 is 0 Å². The molecule has 1 saturated carbocycles. The molecule has 0 aromatic heterocycles. The summed E-state index contributed by atoms with van der Waals surface area (Å²) in [5.74, 6) is 0.349. The smallest absolute Gasteiger partial charge is 0.261 e. The molecule has 1 heterocycles. The third-order valence-corrected chi connectivity index (χ3v) is 14.4. The molecule has 0 unspecified atom stereocenters. The number of benzene rings is 2. The predicted molar refractivity (Wildman–Crippen MR) is 186 cm³/mol. The van der Waals surface area contributed by atoms with Gasteiger partial charge in [0, 0.05) is 12.7 Å². The molecule has 4 nitrogen and oxygen atoms in total. The Balaban J connectivity index is 1.54. The summed E-state index contributed by atoms with van der Waals surface area (Å²) in [5, 5.41) is 12.2. The van der Waals surface area contributed by atoms with Crippen molar-refractivity contribution in [1.29, 1.82) is 0 Å². The molecule has 2 fully saturated rings. The van der Waals surface area contributed by atoms with Crippen LogP contribution in [0.3, 0.4) is 0 Å². The van der Waals surface area contributed by atoms with Crippen molar-refractivity contribution in [1.82, 2.24) is 0 Å². The topological polar surface area (TPSA) is 47.9 Å². The molecule has 2 aromatic carbocycles. The summed E-state index contributed by atoms with van der Waals surface area (Å²) in [6.45, 7) is 13.6. The average Bonchev–Trinajstić information content (AvgIpc) is 3.71. The van der Waals surface area contributed by atoms with E-state index in [0.29, 0.717) is 11.8 Å². The van der Waals surface area contributed by atoms with E-state index in [1.807, 2.05) is 13.8 Å². The summed E-state index contributed by atoms with van der Waals surface area (Å²) >= 11 is 0. The normalized spacial score (nSPS) is 24.3. The Bertz CT molecular complexity index is 1130. The summed E-state index contributed by atoms with van der Waals surface area (Å²) in [6.07, 6.45) is 19.0. The molecule has 2 aromatic rings. The van der Waals surface area contributed by atoms with Gasteiger partial charge in [0.05, 0.1) is 6.10 Å². The maximum absolute atomic E-state index is 9.62. The van der Waals surface area contributed by atoms with E-state index in [0.717, 1.165) is 38.5 Å². The van der Waals surface area contributed by atoms with Crippen molar-refractivity contribution in [3.8, 4) is 0 Å². The van der Waals surface area contributed by atoms with Gasteiger partial charge in [0.2, 0.25) is 0 Å². The molecule has 1 saturated heterocycles. The molecule has 44 heavy (non-hydrogen) atoms. The zero-order valence-corrected chi connectivity index (χ0v) is 29.2. The van der Waals surface area contributed by atoms with Crippen molar-refractivity contribution < 1.29 is 19.0 Å². The van der Waals surface area contributed by atoms with Crippen LogP contribution in [-0.2, 0) is 13.9 Å². The van der Waals surface area contributed by atoms with Crippen LogP contribution < -0.4 is 10.4 Å². The second-order valence-electron chi connectivity index (χ2n) is 14.3. The molecule has 4 rings (SSSR count). The molecule has 0 spiro atoms. The van der Waals surface area contributed by atoms with E-state index in [-0.39, 0.29) is 30.0 Å². The summed E-state index contributed by atoms with van der Waals surface area (Å²) in [7, 11) is -2.67. The lowest BCUT2D eigenvalue weighted by Gasteiger charge is -2.45. The minimum Gasteiger partial charge on any atom is -0.404 e. The van der Waals surface area contributed by atoms with Crippen molar-refractivity contribution in [2.45, 2.75) is 128 Å². The number of aliphatic hydroxyl groups is 1. The van der Waals surface area contributed by atoms with Gasteiger partial charge < -0.3 is 19.0 Å². The standard InChI is InChI=1S/C39H58O4Si/c1-7-8-9-10-11-18-26-36-37(42-39(5,6)41-36)28-27-31-30-34(31)35(25-19-20-29-40)43-44(38(2,3)4,32-21-14-12-15-22-32)33-23-16-13-17-24-33/h11-18,21-24,27-28,31,34-37,40H,7-10,19-20,25-26,29-30H2,1-6H3/b18-11-,28-27+/t31-,34-,35+,36-,37+/m0/s1. The van der Waals surface area contributed by atoms with Crippen LogP contribution in [0, 0.1) is 11.8 Å². The Morgan fingerprint density at radius 1 is 0.909 bits per heavy atom. The molecule has 5 heteroatoms. The quantitative estimate of drug-likeness (QED) is 0.110. The van der Waals surface area contributed by atoms with Crippen LogP contribution in [-0.4, -0.2) is 44.1 Å². The zero-order valence-electron chi connectivity index (χ0n) is 28.2.